The van der Waals surface area contributed by atoms with E-state index in [9.17, 15) is 9.18 Å². The molecule has 0 aliphatic carbocycles. The second-order valence-electron chi connectivity index (χ2n) is 4.28. The molecule has 2 aromatic rings. The molecule has 19 heavy (non-hydrogen) atoms. The molecule has 0 aromatic heterocycles. The van der Waals surface area contributed by atoms with Gasteiger partial charge in [0.1, 0.15) is 5.82 Å². The summed E-state index contributed by atoms with van der Waals surface area (Å²) in [5, 5.41) is 0.821. The van der Waals surface area contributed by atoms with Crippen LogP contribution < -0.4 is 0 Å². The molecule has 0 aliphatic heterocycles. The Bertz CT molecular complexity index is 618. The van der Waals surface area contributed by atoms with E-state index in [2.05, 4.69) is 0 Å². The first kappa shape index (κ1) is 14.0. The molecule has 0 saturated carbocycles. The van der Waals surface area contributed by atoms with Crippen LogP contribution in [0.25, 0.3) is 0 Å². The Kier molecular flexibility index (Phi) is 4.23. The molecule has 98 valence electrons. The van der Waals surface area contributed by atoms with Crippen LogP contribution in [0.2, 0.25) is 10.0 Å². The van der Waals surface area contributed by atoms with Gasteiger partial charge in [-0.15, -0.1) is 0 Å². The molecule has 0 unspecified atom stereocenters. The van der Waals surface area contributed by atoms with Crippen molar-refractivity contribution < 1.29 is 9.18 Å². The Balaban J connectivity index is 2.31. The van der Waals surface area contributed by atoms with Crippen LogP contribution in [0.5, 0.6) is 0 Å². The summed E-state index contributed by atoms with van der Waals surface area (Å²) in [5.41, 5.74) is 1.35. The number of aryl methyl sites for hydroxylation is 1. The van der Waals surface area contributed by atoms with E-state index in [4.69, 9.17) is 23.2 Å². The van der Waals surface area contributed by atoms with Gasteiger partial charge in [-0.25, -0.2) is 4.39 Å². The lowest BCUT2D eigenvalue weighted by atomic mass is 10.0. The second-order valence-corrected chi connectivity index (χ2v) is 5.10. The number of benzene rings is 2. The van der Waals surface area contributed by atoms with E-state index in [1.165, 1.54) is 12.1 Å². The van der Waals surface area contributed by atoms with Crippen molar-refractivity contribution in [2.45, 2.75) is 13.3 Å². The van der Waals surface area contributed by atoms with Gasteiger partial charge in [0.2, 0.25) is 0 Å². The molecule has 0 saturated heterocycles. The van der Waals surface area contributed by atoms with Crippen LogP contribution in [-0.2, 0) is 6.42 Å². The molecule has 0 radical (unpaired) electrons. The second kappa shape index (κ2) is 5.72. The lowest BCUT2D eigenvalue weighted by Gasteiger charge is -2.07. The third kappa shape index (κ3) is 3.14. The summed E-state index contributed by atoms with van der Waals surface area (Å²) >= 11 is 12.0. The van der Waals surface area contributed by atoms with Crippen molar-refractivity contribution in [3.63, 3.8) is 0 Å². The van der Waals surface area contributed by atoms with Crippen LogP contribution in [-0.4, -0.2) is 5.78 Å². The molecule has 2 rings (SSSR count). The van der Waals surface area contributed by atoms with Crippen LogP contribution >= 0.6 is 23.2 Å². The molecule has 0 heterocycles. The zero-order valence-electron chi connectivity index (χ0n) is 10.2. The Morgan fingerprint density at radius 3 is 2.37 bits per heavy atom. The van der Waals surface area contributed by atoms with E-state index < -0.39 is 5.82 Å². The third-order valence-corrected chi connectivity index (χ3v) is 3.53. The lowest BCUT2D eigenvalue weighted by molar-refractivity contribution is 0.0989. The fourth-order valence-electron chi connectivity index (χ4n) is 1.80. The highest BCUT2D eigenvalue weighted by atomic mass is 35.5. The van der Waals surface area contributed by atoms with Crippen LogP contribution in [0.4, 0.5) is 4.39 Å². The number of rotatable bonds is 3. The standard InChI is InChI=1S/C15H11Cl2FO/c1-9-5-6-10(14(18)7-9)15(19)8-11-12(16)3-2-4-13(11)17/h2-7H,8H2,1H3. The number of Topliss-reactive ketones (excluding diaryl/α,β-unsaturated/α-hetero) is 1. The summed E-state index contributed by atoms with van der Waals surface area (Å²) < 4.78 is 13.7. The normalized spacial score (nSPS) is 10.5. The van der Waals surface area contributed by atoms with Crippen LogP contribution in [0.15, 0.2) is 36.4 Å². The number of ketones is 1. The van der Waals surface area contributed by atoms with E-state index in [1.54, 1.807) is 31.2 Å². The van der Waals surface area contributed by atoms with Gasteiger partial charge in [0.25, 0.3) is 0 Å². The Labute approximate surface area is 121 Å². The minimum Gasteiger partial charge on any atom is -0.294 e. The maximum atomic E-state index is 13.7. The summed E-state index contributed by atoms with van der Waals surface area (Å²) in [7, 11) is 0. The number of hydrogen-bond acceptors (Lipinski definition) is 1. The van der Waals surface area contributed by atoms with Crippen molar-refractivity contribution in [2.75, 3.05) is 0 Å². The molecule has 1 nitrogen and oxygen atoms in total. The molecule has 4 heteroatoms. The van der Waals surface area contributed by atoms with Crippen molar-refractivity contribution in [3.8, 4) is 0 Å². The van der Waals surface area contributed by atoms with E-state index in [-0.39, 0.29) is 17.8 Å². The van der Waals surface area contributed by atoms with Gasteiger partial charge < -0.3 is 0 Å². The Morgan fingerprint density at radius 2 is 1.79 bits per heavy atom. The number of halogens is 3. The first-order valence-electron chi connectivity index (χ1n) is 5.71. The highest BCUT2D eigenvalue weighted by molar-refractivity contribution is 6.36. The fraction of sp³-hybridized carbons (Fsp3) is 0.133. The molecule has 0 spiro atoms. The molecule has 0 atom stereocenters. The highest BCUT2D eigenvalue weighted by Crippen LogP contribution is 2.26. The van der Waals surface area contributed by atoms with E-state index in [1.807, 2.05) is 0 Å². The van der Waals surface area contributed by atoms with Gasteiger partial charge in [-0.05, 0) is 42.3 Å². The predicted molar refractivity (Wildman–Crippen MR) is 75.6 cm³/mol. The van der Waals surface area contributed by atoms with Gasteiger partial charge in [0.15, 0.2) is 5.78 Å². The Morgan fingerprint density at radius 1 is 1.16 bits per heavy atom. The average molecular weight is 297 g/mol. The molecule has 2 aromatic carbocycles. The quantitative estimate of drug-likeness (QED) is 0.739. The average Bonchev–Trinajstić information content (AvgIpc) is 2.33. The molecule has 0 aliphatic rings. The number of carbonyl (C=O) groups excluding carboxylic acids is 1. The summed E-state index contributed by atoms with van der Waals surface area (Å²) in [6, 6.07) is 9.53. The monoisotopic (exact) mass is 296 g/mol. The van der Waals surface area contributed by atoms with Gasteiger partial charge in [0.05, 0.1) is 5.56 Å². The van der Waals surface area contributed by atoms with Gasteiger partial charge >= 0.3 is 0 Å². The van der Waals surface area contributed by atoms with Crippen molar-refractivity contribution in [1.29, 1.82) is 0 Å². The Hall–Kier alpha value is -1.38. The van der Waals surface area contributed by atoms with Crippen molar-refractivity contribution in [3.05, 3.63) is 69.0 Å². The van der Waals surface area contributed by atoms with E-state index in [0.29, 0.717) is 15.6 Å². The largest absolute Gasteiger partial charge is 0.294 e. The third-order valence-electron chi connectivity index (χ3n) is 2.82. The smallest absolute Gasteiger partial charge is 0.170 e. The zero-order chi connectivity index (χ0) is 14.0. The molecule has 0 fully saturated rings. The maximum Gasteiger partial charge on any atom is 0.170 e. The molecular weight excluding hydrogens is 286 g/mol. The first-order valence-corrected chi connectivity index (χ1v) is 6.47. The van der Waals surface area contributed by atoms with Crippen molar-refractivity contribution >= 4 is 29.0 Å². The van der Waals surface area contributed by atoms with Gasteiger partial charge in [0, 0.05) is 16.5 Å². The SMILES string of the molecule is Cc1ccc(C(=O)Cc2c(Cl)cccc2Cl)c(F)c1. The highest BCUT2D eigenvalue weighted by Gasteiger charge is 2.15. The van der Waals surface area contributed by atoms with Crippen molar-refractivity contribution in [2.24, 2.45) is 0 Å². The summed E-state index contributed by atoms with van der Waals surface area (Å²) in [6.45, 7) is 1.77. The van der Waals surface area contributed by atoms with Crippen molar-refractivity contribution in [1.82, 2.24) is 0 Å². The van der Waals surface area contributed by atoms with Crippen LogP contribution in [0.1, 0.15) is 21.5 Å². The lowest BCUT2D eigenvalue weighted by Crippen LogP contribution is -2.07. The number of carbonyl (C=O) groups is 1. The van der Waals surface area contributed by atoms with Gasteiger partial charge in [-0.3, -0.25) is 4.79 Å². The fourth-order valence-corrected chi connectivity index (χ4v) is 2.33. The first-order chi connectivity index (χ1) is 8.99. The predicted octanol–water partition coefficient (Wildman–Crippen LogP) is 4.87. The summed E-state index contributed by atoms with van der Waals surface area (Å²) in [4.78, 5) is 12.1. The van der Waals surface area contributed by atoms with Gasteiger partial charge in [-0.2, -0.15) is 0 Å². The van der Waals surface area contributed by atoms with E-state index >= 15 is 0 Å². The number of hydrogen-bond donors (Lipinski definition) is 0. The minimum atomic E-state index is -0.520. The molecule has 0 N–H and O–H groups in total. The zero-order valence-corrected chi connectivity index (χ0v) is 11.7. The van der Waals surface area contributed by atoms with Gasteiger partial charge in [-0.1, -0.05) is 35.3 Å². The maximum absolute atomic E-state index is 13.7. The molecular formula is C15H11Cl2FO. The molecule has 0 bridgehead atoms. The van der Waals surface area contributed by atoms with Crippen LogP contribution in [0.3, 0.4) is 0 Å². The van der Waals surface area contributed by atoms with Crippen LogP contribution in [0, 0.1) is 12.7 Å². The van der Waals surface area contributed by atoms with E-state index in [0.717, 1.165) is 5.56 Å². The molecule has 0 amide bonds. The topological polar surface area (TPSA) is 17.1 Å². The minimum absolute atomic E-state index is 0.0154. The summed E-state index contributed by atoms with van der Waals surface area (Å²) in [6.07, 6.45) is -0.0154. The summed E-state index contributed by atoms with van der Waals surface area (Å²) in [5.74, 6) is -0.860.